The first-order valence-corrected chi connectivity index (χ1v) is 6.80. The lowest BCUT2D eigenvalue weighted by Gasteiger charge is -2.25. The summed E-state index contributed by atoms with van der Waals surface area (Å²) in [5.41, 5.74) is 0. The van der Waals surface area contributed by atoms with E-state index in [0.717, 1.165) is 13.0 Å². The lowest BCUT2D eigenvalue weighted by Crippen LogP contribution is -2.38. The van der Waals surface area contributed by atoms with E-state index in [1.165, 1.54) is 32.1 Å². The topological polar surface area (TPSA) is 49.4 Å². The van der Waals surface area contributed by atoms with Gasteiger partial charge in [-0.2, -0.15) is 0 Å². The third-order valence-corrected chi connectivity index (χ3v) is 3.80. The van der Waals surface area contributed by atoms with Crippen molar-refractivity contribution < 1.29 is 9.59 Å². The molecule has 0 aromatic heterocycles. The van der Waals surface area contributed by atoms with E-state index < -0.39 is 0 Å². The van der Waals surface area contributed by atoms with Crippen LogP contribution in [0.3, 0.4) is 0 Å². The lowest BCUT2D eigenvalue weighted by atomic mass is 9.86. The van der Waals surface area contributed by atoms with Gasteiger partial charge in [-0.05, 0) is 25.2 Å². The summed E-state index contributed by atoms with van der Waals surface area (Å²) in [4.78, 5) is 25.2. The molecule has 0 aromatic rings. The van der Waals surface area contributed by atoms with Crippen molar-refractivity contribution in [1.82, 2.24) is 10.2 Å². The van der Waals surface area contributed by atoms with Gasteiger partial charge >= 0.3 is 0 Å². The minimum Gasteiger partial charge on any atom is -0.354 e. The summed E-state index contributed by atoms with van der Waals surface area (Å²) in [7, 11) is 0. The summed E-state index contributed by atoms with van der Waals surface area (Å²) < 4.78 is 0. The van der Waals surface area contributed by atoms with Gasteiger partial charge in [-0.1, -0.05) is 19.3 Å². The van der Waals surface area contributed by atoms with E-state index in [9.17, 15) is 9.59 Å². The van der Waals surface area contributed by atoms with E-state index in [1.807, 2.05) is 0 Å². The van der Waals surface area contributed by atoms with Crippen LogP contribution in [0.2, 0.25) is 0 Å². The van der Waals surface area contributed by atoms with Crippen LogP contribution in [-0.4, -0.2) is 36.3 Å². The summed E-state index contributed by atoms with van der Waals surface area (Å²) in [6.45, 7) is 1.68. The van der Waals surface area contributed by atoms with Crippen LogP contribution < -0.4 is 5.32 Å². The molecule has 4 nitrogen and oxygen atoms in total. The number of nitrogens with one attached hydrogen (secondary N) is 1. The van der Waals surface area contributed by atoms with Gasteiger partial charge < -0.3 is 10.2 Å². The molecule has 4 heteroatoms. The molecule has 1 aliphatic heterocycles. The van der Waals surface area contributed by atoms with Crippen LogP contribution in [0.5, 0.6) is 0 Å². The standard InChI is InChI=1S/C13H22N2O2/c16-12-10-15(8-4-7-14-12)13(17)9-11-5-2-1-3-6-11/h11H,1-10H2,(H,14,16). The predicted octanol–water partition coefficient (Wildman–Crippen LogP) is 1.31. The smallest absolute Gasteiger partial charge is 0.239 e. The second-order valence-corrected chi connectivity index (χ2v) is 5.23. The molecular formula is C13H22N2O2. The monoisotopic (exact) mass is 238 g/mol. The SMILES string of the molecule is O=C1CN(C(=O)CC2CCCCC2)CCCN1. The van der Waals surface area contributed by atoms with Crippen LogP contribution in [0.4, 0.5) is 0 Å². The van der Waals surface area contributed by atoms with Gasteiger partial charge in [-0.3, -0.25) is 9.59 Å². The molecule has 0 bridgehead atoms. The highest BCUT2D eigenvalue weighted by Gasteiger charge is 2.23. The second kappa shape index (κ2) is 6.03. The molecule has 2 amide bonds. The van der Waals surface area contributed by atoms with Crippen LogP contribution >= 0.6 is 0 Å². The van der Waals surface area contributed by atoms with Crippen molar-refractivity contribution >= 4 is 11.8 Å². The molecule has 1 aliphatic carbocycles. The molecule has 17 heavy (non-hydrogen) atoms. The molecule has 0 atom stereocenters. The first kappa shape index (κ1) is 12.4. The minimum absolute atomic E-state index is 0.0144. The van der Waals surface area contributed by atoms with Crippen molar-refractivity contribution in [2.45, 2.75) is 44.9 Å². The highest BCUT2D eigenvalue weighted by atomic mass is 16.2. The largest absolute Gasteiger partial charge is 0.354 e. The lowest BCUT2D eigenvalue weighted by molar-refractivity contribution is -0.136. The molecule has 0 radical (unpaired) electrons. The van der Waals surface area contributed by atoms with Crippen LogP contribution in [0.1, 0.15) is 44.9 Å². The second-order valence-electron chi connectivity index (χ2n) is 5.23. The van der Waals surface area contributed by atoms with E-state index >= 15 is 0 Å². The van der Waals surface area contributed by atoms with E-state index in [-0.39, 0.29) is 18.4 Å². The van der Waals surface area contributed by atoms with Gasteiger partial charge in [0.05, 0.1) is 6.54 Å². The zero-order chi connectivity index (χ0) is 12.1. The molecule has 1 saturated carbocycles. The summed E-state index contributed by atoms with van der Waals surface area (Å²) in [6.07, 6.45) is 7.74. The molecule has 0 spiro atoms. The van der Waals surface area contributed by atoms with Crippen molar-refractivity contribution in [3.63, 3.8) is 0 Å². The normalized spacial score (nSPS) is 23.1. The molecular weight excluding hydrogens is 216 g/mol. The fourth-order valence-electron chi connectivity index (χ4n) is 2.79. The fourth-order valence-corrected chi connectivity index (χ4v) is 2.79. The Labute approximate surface area is 103 Å². The van der Waals surface area contributed by atoms with Crippen molar-refractivity contribution in [3.8, 4) is 0 Å². The summed E-state index contributed by atoms with van der Waals surface area (Å²) in [5, 5.41) is 2.80. The Kier molecular flexibility index (Phi) is 4.40. The van der Waals surface area contributed by atoms with E-state index in [4.69, 9.17) is 0 Å². The van der Waals surface area contributed by atoms with Gasteiger partial charge in [-0.15, -0.1) is 0 Å². The molecule has 2 fully saturated rings. The molecule has 2 aliphatic rings. The van der Waals surface area contributed by atoms with Crippen molar-refractivity contribution in [3.05, 3.63) is 0 Å². The quantitative estimate of drug-likeness (QED) is 0.788. The molecule has 1 heterocycles. The number of hydrogen-bond donors (Lipinski definition) is 1. The first-order valence-electron chi connectivity index (χ1n) is 6.80. The molecule has 1 saturated heterocycles. The Balaban J connectivity index is 1.82. The predicted molar refractivity (Wildman–Crippen MR) is 65.4 cm³/mol. The van der Waals surface area contributed by atoms with E-state index in [0.29, 0.717) is 18.9 Å². The zero-order valence-corrected chi connectivity index (χ0v) is 10.4. The van der Waals surface area contributed by atoms with Crippen LogP contribution in [0, 0.1) is 5.92 Å². The highest BCUT2D eigenvalue weighted by molar-refractivity contribution is 5.85. The van der Waals surface area contributed by atoms with Gasteiger partial charge in [0.2, 0.25) is 11.8 Å². The summed E-state index contributed by atoms with van der Waals surface area (Å²) >= 11 is 0. The van der Waals surface area contributed by atoms with Gasteiger partial charge in [0, 0.05) is 19.5 Å². The van der Waals surface area contributed by atoms with E-state index in [1.54, 1.807) is 4.90 Å². The van der Waals surface area contributed by atoms with Crippen LogP contribution in [0.15, 0.2) is 0 Å². The highest BCUT2D eigenvalue weighted by Crippen LogP contribution is 2.26. The van der Waals surface area contributed by atoms with Crippen molar-refractivity contribution in [2.24, 2.45) is 5.92 Å². The molecule has 96 valence electrons. The maximum Gasteiger partial charge on any atom is 0.239 e. The van der Waals surface area contributed by atoms with Crippen LogP contribution in [-0.2, 0) is 9.59 Å². The molecule has 0 aromatic carbocycles. The average Bonchev–Trinajstić information content (AvgIpc) is 2.55. The minimum atomic E-state index is -0.0144. The van der Waals surface area contributed by atoms with Gasteiger partial charge in [0.15, 0.2) is 0 Å². The third-order valence-electron chi connectivity index (χ3n) is 3.80. The third kappa shape index (κ3) is 3.72. The van der Waals surface area contributed by atoms with Crippen molar-refractivity contribution in [2.75, 3.05) is 19.6 Å². The number of hydrogen-bond acceptors (Lipinski definition) is 2. The number of rotatable bonds is 2. The summed E-state index contributed by atoms with van der Waals surface area (Å²) in [6, 6.07) is 0. The Bertz CT molecular complexity index is 285. The number of carbonyl (C=O) groups is 2. The Morgan fingerprint density at radius 2 is 2.00 bits per heavy atom. The first-order chi connectivity index (χ1) is 8.25. The fraction of sp³-hybridized carbons (Fsp3) is 0.846. The average molecular weight is 238 g/mol. The summed E-state index contributed by atoms with van der Waals surface area (Å²) in [5.74, 6) is 0.719. The maximum absolute atomic E-state index is 12.1. The van der Waals surface area contributed by atoms with Gasteiger partial charge in [0.25, 0.3) is 0 Å². The zero-order valence-electron chi connectivity index (χ0n) is 10.4. The molecule has 2 rings (SSSR count). The number of carbonyl (C=O) groups excluding carboxylic acids is 2. The van der Waals surface area contributed by atoms with Crippen molar-refractivity contribution in [1.29, 1.82) is 0 Å². The maximum atomic E-state index is 12.1. The number of nitrogens with zero attached hydrogens (tertiary/aromatic N) is 1. The molecule has 0 unspecified atom stereocenters. The Morgan fingerprint density at radius 1 is 1.24 bits per heavy atom. The van der Waals surface area contributed by atoms with Gasteiger partial charge in [-0.25, -0.2) is 0 Å². The Hall–Kier alpha value is -1.06. The van der Waals surface area contributed by atoms with Crippen LogP contribution in [0.25, 0.3) is 0 Å². The van der Waals surface area contributed by atoms with Gasteiger partial charge in [0.1, 0.15) is 0 Å². The molecule has 1 N–H and O–H groups in total. The Morgan fingerprint density at radius 3 is 2.76 bits per heavy atom. The van der Waals surface area contributed by atoms with E-state index in [2.05, 4.69) is 5.32 Å². The number of amides is 2.